The third-order valence-electron chi connectivity index (χ3n) is 4.21. The van der Waals surface area contributed by atoms with Gasteiger partial charge in [-0.25, -0.2) is 0 Å². The van der Waals surface area contributed by atoms with Gasteiger partial charge < -0.3 is 25.3 Å². The maximum atomic E-state index is 12.3. The summed E-state index contributed by atoms with van der Waals surface area (Å²) in [6, 6.07) is 12.9. The van der Waals surface area contributed by atoms with Gasteiger partial charge in [-0.2, -0.15) is 0 Å². The first-order valence-corrected chi connectivity index (χ1v) is 8.81. The van der Waals surface area contributed by atoms with E-state index in [9.17, 15) is 9.59 Å². The number of anilines is 1. The van der Waals surface area contributed by atoms with Crippen molar-refractivity contribution in [1.29, 1.82) is 0 Å². The number of nitrogens with zero attached hydrogens (tertiary/aromatic N) is 2. The van der Waals surface area contributed by atoms with Crippen molar-refractivity contribution in [2.75, 3.05) is 31.6 Å². The van der Waals surface area contributed by atoms with E-state index in [1.807, 2.05) is 30.3 Å². The number of rotatable bonds is 6. The van der Waals surface area contributed by atoms with Crippen molar-refractivity contribution in [2.45, 2.75) is 12.5 Å². The molecule has 1 unspecified atom stereocenters. The van der Waals surface area contributed by atoms with Crippen LogP contribution in [0.4, 0.5) is 5.69 Å². The van der Waals surface area contributed by atoms with E-state index in [0.717, 1.165) is 5.69 Å². The number of nitrogens with one attached hydrogen (secondary N) is 3. The number of hydrogen-bond donors (Lipinski definition) is 3. The summed E-state index contributed by atoms with van der Waals surface area (Å²) < 4.78 is 5.03. The van der Waals surface area contributed by atoms with Gasteiger partial charge in [0.15, 0.2) is 11.7 Å². The molecule has 3 rings (SSSR count). The first kappa shape index (κ1) is 18.5. The maximum Gasteiger partial charge on any atom is 0.287 e. The van der Waals surface area contributed by atoms with E-state index in [1.54, 1.807) is 24.1 Å². The quantitative estimate of drug-likeness (QED) is 0.401. The largest absolute Gasteiger partial charge is 0.459 e. The molecule has 0 radical (unpaired) electrons. The van der Waals surface area contributed by atoms with Gasteiger partial charge in [0.25, 0.3) is 5.91 Å². The van der Waals surface area contributed by atoms with Gasteiger partial charge in [0.2, 0.25) is 5.91 Å². The number of benzene rings is 1. The second-order valence-corrected chi connectivity index (χ2v) is 6.12. The standard InChI is InChI=1S/C19H23N5O3/c1-20-19(22-10-9-21-18(26)16-8-5-11-27-16)23-14-12-17(25)24(13-14)15-6-3-2-4-7-15/h2-8,11,14H,9-10,12-13H2,1H3,(H,21,26)(H2,20,22,23). The average molecular weight is 369 g/mol. The van der Waals surface area contributed by atoms with Crippen LogP contribution in [0.1, 0.15) is 17.0 Å². The highest BCUT2D eigenvalue weighted by Gasteiger charge is 2.30. The van der Waals surface area contributed by atoms with Gasteiger partial charge in [0, 0.05) is 38.8 Å². The lowest BCUT2D eigenvalue weighted by molar-refractivity contribution is -0.117. The van der Waals surface area contributed by atoms with Crippen molar-refractivity contribution in [3.63, 3.8) is 0 Å². The molecule has 8 nitrogen and oxygen atoms in total. The van der Waals surface area contributed by atoms with Crippen molar-refractivity contribution in [3.05, 3.63) is 54.5 Å². The Morgan fingerprint density at radius 1 is 1.19 bits per heavy atom. The molecule has 2 aromatic rings. The maximum absolute atomic E-state index is 12.3. The molecule has 1 aromatic heterocycles. The lowest BCUT2D eigenvalue weighted by atomic mass is 10.2. The van der Waals surface area contributed by atoms with Crippen molar-refractivity contribution in [1.82, 2.24) is 16.0 Å². The second kappa shape index (κ2) is 8.88. The molecular weight excluding hydrogens is 346 g/mol. The summed E-state index contributed by atoms with van der Waals surface area (Å²) in [6.07, 6.45) is 1.87. The molecule has 1 fully saturated rings. The topological polar surface area (TPSA) is 99.0 Å². The molecule has 0 bridgehead atoms. The Bertz CT molecular complexity index is 789. The number of guanidine groups is 1. The third-order valence-corrected chi connectivity index (χ3v) is 4.21. The van der Waals surface area contributed by atoms with Crippen LogP contribution in [-0.4, -0.2) is 50.5 Å². The summed E-state index contributed by atoms with van der Waals surface area (Å²) in [5.74, 6) is 0.697. The Kier molecular flexibility index (Phi) is 6.09. The predicted octanol–water partition coefficient (Wildman–Crippen LogP) is 0.980. The molecule has 27 heavy (non-hydrogen) atoms. The fourth-order valence-electron chi connectivity index (χ4n) is 2.90. The van der Waals surface area contributed by atoms with Crippen molar-refractivity contribution >= 4 is 23.5 Å². The summed E-state index contributed by atoms with van der Waals surface area (Å²) in [5, 5.41) is 9.14. The minimum Gasteiger partial charge on any atom is -0.459 e. The molecule has 1 saturated heterocycles. The molecule has 2 amide bonds. The zero-order valence-corrected chi connectivity index (χ0v) is 15.1. The van der Waals surface area contributed by atoms with Crippen LogP contribution in [0.3, 0.4) is 0 Å². The van der Waals surface area contributed by atoms with Crippen LogP contribution < -0.4 is 20.9 Å². The lowest BCUT2D eigenvalue weighted by Crippen LogP contribution is -2.46. The van der Waals surface area contributed by atoms with Crippen LogP contribution in [-0.2, 0) is 4.79 Å². The van der Waals surface area contributed by atoms with Gasteiger partial charge >= 0.3 is 0 Å². The molecule has 0 saturated carbocycles. The number of aliphatic imine (C=N–C) groups is 1. The van der Waals surface area contributed by atoms with Crippen LogP contribution in [0.2, 0.25) is 0 Å². The Morgan fingerprint density at radius 3 is 2.67 bits per heavy atom. The van der Waals surface area contributed by atoms with Crippen LogP contribution in [0, 0.1) is 0 Å². The van der Waals surface area contributed by atoms with Crippen LogP contribution >= 0.6 is 0 Å². The Labute approximate surface area is 157 Å². The number of amides is 2. The fourth-order valence-corrected chi connectivity index (χ4v) is 2.90. The molecule has 1 aliphatic heterocycles. The monoisotopic (exact) mass is 369 g/mol. The van der Waals surface area contributed by atoms with Gasteiger partial charge in [-0.1, -0.05) is 18.2 Å². The Balaban J connectivity index is 1.43. The van der Waals surface area contributed by atoms with E-state index < -0.39 is 0 Å². The molecule has 3 N–H and O–H groups in total. The highest BCUT2D eigenvalue weighted by atomic mass is 16.3. The SMILES string of the molecule is CN=C(NCCNC(=O)c1ccco1)NC1CC(=O)N(c2ccccc2)C1. The molecular formula is C19H23N5O3. The van der Waals surface area contributed by atoms with E-state index in [2.05, 4.69) is 20.9 Å². The summed E-state index contributed by atoms with van der Waals surface area (Å²) >= 11 is 0. The summed E-state index contributed by atoms with van der Waals surface area (Å²) in [5.41, 5.74) is 0.899. The third kappa shape index (κ3) is 4.87. The van der Waals surface area contributed by atoms with Crippen LogP contribution in [0.15, 0.2) is 58.1 Å². The highest BCUT2D eigenvalue weighted by Crippen LogP contribution is 2.20. The van der Waals surface area contributed by atoms with Gasteiger partial charge in [0.1, 0.15) is 0 Å². The molecule has 1 aromatic carbocycles. The molecule has 8 heteroatoms. The molecule has 142 valence electrons. The molecule has 2 heterocycles. The highest BCUT2D eigenvalue weighted by molar-refractivity contribution is 5.97. The van der Waals surface area contributed by atoms with Crippen molar-refractivity contribution in [2.24, 2.45) is 4.99 Å². The van der Waals surface area contributed by atoms with Crippen LogP contribution in [0.5, 0.6) is 0 Å². The van der Waals surface area contributed by atoms with Crippen molar-refractivity contribution < 1.29 is 14.0 Å². The number of hydrogen-bond acceptors (Lipinski definition) is 4. The number of carbonyl (C=O) groups excluding carboxylic acids is 2. The smallest absolute Gasteiger partial charge is 0.287 e. The van der Waals surface area contributed by atoms with E-state index in [0.29, 0.717) is 32.0 Å². The van der Waals surface area contributed by atoms with E-state index in [4.69, 9.17) is 4.42 Å². The lowest BCUT2D eigenvalue weighted by Gasteiger charge is -2.19. The van der Waals surface area contributed by atoms with Gasteiger partial charge in [-0.15, -0.1) is 0 Å². The van der Waals surface area contributed by atoms with E-state index >= 15 is 0 Å². The average Bonchev–Trinajstić information content (AvgIpc) is 3.34. The first-order valence-electron chi connectivity index (χ1n) is 8.81. The Morgan fingerprint density at radius 2 is 1.96 bits per heavy atom. The van der Waals surface area contributed by atoms with E-state index in [-0.39, 0.29) is 23.6 Å². The zero-order valence-electron chi connectivity index (χ0n) is 15.1. The number of carbonyl (C=O) groups is 2. The molecule has 0 aliphatic carbocycles. The van der Waals surface area contributed by atoms with Gasteiger partial charge in [-0.3, -0.25) is 14.6 Å². The van der Waals surface area contributed by atoms with Gasteiger partial charge in [-0.05, 0) is 24.3 Å². The van der Waals surface area contributed by atoms with Gasteiger partial charge in [0.05, 0.1) is 12.3 Å². The fraction of sp³-hybridized carbons (Fsp3) is 0.316. The molecule has 1 aliphatic rings. The number of para-hydroxylation sites is 1. The van der Waals surface area contributed by atoms with Crippen LogP contribution in [0.25, 0.3) is 0 Å². The molecule has 0 spiro atoms. The van der Waals surface area contributed by atoms with E-state index in [1.165, 1.54) is 6.26 Å². The number of furan rings is 1. The normalized spacial score (nSPS) is 17.1. The minimum atomic E-state index is -0.260. The minimum absolute atomic E-state index is 0.0263. The summed E-state index contributed by atoms with van der Waals surface area (Å²) in [7, 11) is 1.67. The van der Waals surface area contributed by atoms with Crippen molar-refractivity contribution in [3.8, 4) is 0 Å². The predicted molar refractivity (Wildman–Crippen MR) is 103 cm³/mol. The molecule has 1 atom stereocenters. The zero-order chi connectivity index (χ0) is 19.1. The second-order valence-electron chi connectivity index (χ2n) is 6.12. The summed E-state index contributed by atoms with van der Waals surface area (Å²) in [4.78, 5) is 30.0. The first-order chi connectivity index (χ1) is 13.2. The summed E-state index contributed by atoms with van der Waals surface area (Å²) in [6.45, 7) is 1.49. The Hall–Kier alpha value is -3.29.